The Morgan fingerprint density at radius 1 is 0.956 bits per heavy atom. The van der Waals surface area contributed by atoms with Gasteiger partial charge in [-0.3, -0.25) is 0 Å². The second-order valence-electron chi connectivity index (χ2n) is 15.6. The number of benzene rings is 2. The van der Waals surface area contributed by atoms with Crippen LogP contribution < -0.4 is 10.0 Å². The average Bonchev–Trinajstić information content (AvgIpc) is 3.37. The zero-order valence-corrected chi connectivity index (χ0v) is 28.4. The molecule has 0 saturated heterocycles. The Balaban J connectivity index is 1.04. The molecule has 0 spiro atoms. The van der Waals surface area contributed by atoms with Crippen molar-refractivity contribution in [2.24, 2.45) is 52.3 Å². The third kappa shape index (κ3) is 5.82. The van der Waals surface area contributed by atoms with Crippen molar-refractivity contribution in [3.63, 3.8) is 0 Å². The number of carbonyl (C=O) groups is 1. The van der Waals surface area contributed by atoms with Crippen LogP contribution in [0.15, 0.2) is 47.4 Å². The first-order chi connectivity index (χ1) is 21.4. The van der Waals surface area contributed by atoms with Crippen LogP contribution in [0.1, 0.15) is 91.9 Å². The maximum Gasteiger partial charge on any atom is 0.328 e. The van der Waals surface area contributed by atoms with Crippen LogP contribution in [-0.2, 0) is 10.0 Å². The minimum Gasteiger partial charge on any atom is -0.393 e. The van der Waals surface area contributed by atoms with Gasteiger partial charge in [0, 0.05) is 6.54 Å². The molecule has 0 heterocycles. The highest BCUT2D eigenvalue weighted by atomic mass is 32.2. The number of urea groups is 1. The Morgan fingerprint density at radius 3 is 2.42 bits per heavy atom. The van der Waals surface area contributed by atoms with E-state index in [1.165, 1.54) is 31.7 Å². The molecule has 0 radical (unpaired) electrons. The minimum atomic E-state index is -3.97. The summed E-state index contributed by atoms with van der Waals surface area (Å²) in [7, 11) is -3.97. The smallest absolute Gasteiger partial charge is 0.328 e. The molecule has 0 aliphatic heterocycles. The molecule has 0 bridgehead atoms. The topological polar surface area (TPSA) is 116 Å². The Bertz CT molecular complexity index is 1500. The van der Waals surface area contributed by atoms with Gasteiger partial charge in [0.15, 0.2) is 0 Å². The molecule has 4 aliphatic rings. The highest BCUT2D eigenvalue weighted by Gasteiger charge is 2.64. The van der Waals surface area contributed by atoms with Crippen molar-refractivity contribution < 1.29 is 23.4 Å². The lowest BCUT2D eigenvalue weighted by Crippen LogP contribution is -2.62. The quantitative estimate of drug-likeness (QED) is 0.236. The molecule has 6 rings (SSSR count). The summed E-state index contributed by atoms with van der Waals surface area (Å²) in [4.78, 5) is 12.6. The van der Waals surface area contributed by atoms with Crippen molar-refractivity contribution in [1.82, 2.24) is 10.0 Å². The summed E-state index contributed by atoms with van der Waals surface area (Å²) in [5, 5.41) is 27.0. The third-order valence-corrected chi connectivity index (χ3v) is 14.9. The fourth-order valence-electron chi connectivity index (χ4n) is 11.3. The normalized spacial score (nSPS) is 38.5. The average molecular weight is 639 g/mol. The maximum absolute atomic E-state index is 12.8. The number of hydrogen-bond acceptors (Lipinski definition) is 5. The molecular weight excluding hydrogens is 584 g/mol. The van der Waals surface area contributed by atoms with Gasteiger partial charge >= 0.3 is 6.03 Å². The van der Waals surface area contributed by atoms with Crippen molar-refractivity contribution in [3.8, 4) is 0 Å². The minimum absolute atomic E-state index is 0.0719. The number of aliphatic hydroxyl groups is 2. The monoisotopic (exact) mass is 638 g/mol. The molecule has 7 nitrogen and oxygen atoms in total. The van der Waals surface area contributed by atoms with E-state index in [2.05, 4.69) is 37.7 Å². The van der Waals surface area contributed by atoms with Gasteiger partial charge in [-0.15, -0.1) is 0 Å². The Hall–Kier alpha value is -2.16. The molecule has 2 aromatic carbocycles. The molecule has 0 aromatic heterocycles. The highest BCUT2D eigenvalue weighted by Crippen LogP contribution is 2.69. The fraction of sp³-hybridized carbons (Fsp3) is 0.703. The standard InChI is InChI=1S/C37H54N2O5S/c1-5-28-32-22-26(40)16-18-37(32,4)31-17-19-36(3)29(14-15-30(36)33(31)34(28)41)23(2)9-8-20-38-35(42)39-45(43,44)27-13-12-24-10-6-7-11-25(24)21-27/h6-7,10-13,21,23,26,28-34,40-41H,5,8-9,14-20,22H2,1-4H3,(H2,38,39,42)/t23-,26-,28-,29-,30+,31+,32?,33+,34-,36?,37?/m1/s1. The second kappa shape index (κ2) is 12.5. The number of hydrogen-bond donors (Lipinski definition) is 4. The number of nitrogens with one attached hydrogen (secondary N) is 2. The van der Waals surface area contributed by atoms with E-state index in [-0.39, 0.29) is 33.9 Å². The zero-order valence-electron chi connectivity index (χ0n) is 27.5. The number of aliphatic hydroxyl groups excluding tert-OH is 2. The first-order valence-electron chi connectivity index (χ1n) is 17.5. The largest absolute Gasteiger partial charge is 0.393 e. The fourth-order valence-corrected chi connectivity index (χ4v) is 12.3. The lowest BCUT2D eigenvalue weighted by molar-refractivity contribution is -0.203. The molecule has 45 heavy (non-hydrogen) atoms. The van der Waals surface area contributed by atoms with Crippen LogP contribution >= 0.6 is 0 Å². The van der Waals surface area contributed by atoms with Gasteiger partial charge in [0.05, 0.1) is 17.1 Å². The van der Waals surface area contributed by atoms with Gasteiger partial charge in [-0.2, -0.15) is 0 Å². The van der Waals surface area contributed by atoms with E-state index in [4.69, 9.17) is 0 Å². The lowest BCUT2D eigenvalue weighted by atomic mass is 9.41. The van der Waals surface area contributed by atoms with E-state index in [0.29, 0.717) is 42.1 Å². The molecule has 2 aromatic rings. The van der Waals surface area contributed by atoms with E-state index in [9.17, 15) is 23.4 Å². The summed E-state index contributed by atoms with van der Waals surface area (Å²) in [6, 6.07) is 11.7. The molecule has 4 saturated carbocycles. The summed E-state index contributed by atoms with van der Waals surface area (Å²) < 4.78 is 27.9. The summed E-state index contributed by atoms with van der Waals surface area (Å²) >= 11 is 0. The summed E-state index contributed by atoms with van der Waals surface area (Å²) in [5.41, 5.74) is 0.416. The lowest BCUT2D eigenvalue weighted by Gasteiger charge is -2.64. The number of sulfonamides is 1. The van der Waals surface area contributed by atoms with E-state index >= 15 is 0 Å². The van der Waals surface area contributed by atoms with Gasteiger partial charge in [0.1, 0.15) is 0 Å². The first-order valence-corrected chi connectivity index (χ1v) is 19.0. The molecule has 4 fully saturated rings. The summed E-state index contributed by atoms with van der Waals surface area (Å²) in [5.74, 6) is 3.16. The van der Waals surface area contributed by atoms with Crippen LogP contribution in [0.4, 0.5) is 4.79 Å². The second-order valence-corrected chi connectivity index (χ2v) is 17.3. The highest BCUT2D eigenvalue weighted by molar-refractivity contribution is 7.90. The SMILES string of the molecule is CC[C@@H]1C2C[C@H](O)CCC2(C)[C@H]2CCC3(C)[C@@H]([C@H](C)CCCNC(=O)NS(=O)(=O)c4ccc5ccccc5c4)CC[C@H]3[C@@H]2[C@@H]1O. The van der Waals surface area contributed by atoms with Crippen LogP contribution in [0.25, 0.3) is 10.8 Å². The number of carbonyl (C=O) groups excluding carboxylic acids is 1. The van der Waals surface area contributed by atoms with Gasteiger partial charge in [-0.1, -0.05) is 64.4 Å². The maximum atomic E-state index is 12.8. The van der Waals surface area contributed by atoms with Crippen molar-refractivity contribution in [2.45, 2.75) is 109 Å². The van der Waals surface area contributed by atoms with E-state index in [0.717, 1.165) is 49.3 Å². The van der Waals surface area contributed by atoms with Gasteiger partial charge in [0.25, 0.3) is 10.0 Å². The van der Waals surface area contributed by atoms with E-state index < -0.39 is 16.1 Å². The van der Waals surface area contributed by atoms with Crippen LogP contribution in [-0.4, -0.2) is 43.4 Å². The van der Waals surface area contributed by atoms with Crippen molar-refractivity contribution in [2.75, 3.05) is 6.54 Å². The molecule has 8 heteroatoms. The van der Waals surface area contributed by atoms with E-state index in [1.807, 2.05) is 24.3 Å². The molecule has 4 N–H and O–H groups in total. The van der Waals surface area contributed by atoms with Crippen molar-refractivity contribution >= 4 is 26.8 Å². The Kier molecular flexibility index (Phi) is 9.07. The van der Waals surface area contributed by atoms with Crippen molar-refractivity contribution in [1.29, 1.82) is 0 Å². The summed E-state index contributed by atoms with van der Waals surface area (Å²) in [6.45, 7) is 9.98. The Morgan fingerprint density at radius 2 is 1.67 bits per heavy atom. The third-order valence-electron chi connectivity index (χ3n) is 13.5. The summed E-state index contributed by atoms with van der Waals surface area (Å²) in [6.07, 6.45) is 9.79. The van der Waals surface area contributed by atoms with Gasteiger partial charge < -0.3 is 15.5 Å². The Labute approximate surface area is 270 Å². The molecule has 248 valence electrons. The van der Waals surface area contributed by atoms with Crippen LogP contribution in [0, 0.1) is 52.3 Å². The van der Waals surface area contributed by atoms with Crippen molar-refractivity contribution in [3.05, 3.63) is 42.5 Å². The number of amides is 2. The van der Waals surface area contributed by atoms with Crippen LogP contribution in [0.5, 0.6) is 0 Å². The van der Waals surface area contributed by atoms with Gasteiger partial charge in [-0.25, -0.2) is 17.9 Å². The van der Waals surface area contributed by atoms with Crippen LogP contribution in [0.2, 0.25) is 0 Å². The number of fused-ring (bicyclic) bond motifs is 6. The van der Waals surface area contributed by atoms with Gasteiger partial charge in [-0.05, 0) is 133 Å². The molecule has 2 amide bonds. The number of rotatable bonds is 8. The predicted octanol–water partition coefficient (Wildman–Crippen LogP) is 6.87. The zero-order chi connectivity index (χ0) is 32.1. The van der Waals surface area contributed by atoms with Crippen LogP contribution in [0.3, 0.4) is 0 Å². The van der Waals surface area contributed by atoms with Gasteiger partial charge in [0.2, 0.25) is 0 Å². The molecular formula is C37H54N2O5S. The first kappa shape index (κ1) is 32.8. The molecule has 11 atom stereocenters. The molecule has 3 unspecified atom stereocenters. The predicted molar refractivity (Wildman–Crippen MR) is 178 cm³/mol. The van der Waals surface area contributed by atoms with E-state index in [1.54, 1.807) is 12.1 Å². The molecule has 4 aliphatic carbocycles.